The summed E-state index contributed by atoms with van der Waals surface area (Å²) in [6, 6.07) is 7.00. The molecule has 25 heavy (non-hydrogen) atoms. The Morgan fingerprint density at radius 3 is 1.12 bits per heavy atom. The normalized spacial score (nSPS) is 14.4. The Balaban J connectivity index is 4.02. The van der Waals surface area contributed by atoms with Crippen LogP contribution in [0.3, 0.4) is 0 Å². The third-order valence-electron chi connectivity index (χ3n) is 2.43. The molecule has 15 heteroatoms. The molecule has 0 heterocycles. The van der Waals surface area contributed by atoms with Gasteiger partial charge < -0.3 is 0 Å². The topological polar surface area (TPSA) is 143 Å². The molecule has 0 aliphatic rings. The van der Waals surface area contributed by atoms with Crippen LogP contribution in [0.4, 0.5) is 0 Å². The molecule has 0 aliphatic heterocycles. The van der Waals surface area contributed by atoms with E-state index in [9.17, 15) is 33.7 Å². The van der Waals surface area contributed by atoms with Gasteiger partial charge in [-0.15, -0.1) is 0 Å². The van der Waals surface area contributed by atoms with E-state index in [-0.39, 0.29) is 7.25 Å². The third kappa shape index (κ3) is 5.87. The second-order valence-electron chi connectivity index (χ2n) is 5.03. The van der Waals surface area contributed by atoms with Gasteiger partial charge in [-0.1, -0.05) is 0 Å². The van der Waals surface area contributed by atoms with Crippen LogP contribution in [0.2, 0.25) is 0 Å². The van der Waals surface area contributed by atoms with Gasteiger partial charge in [0, 0.05) is 0 Å². The van der Waals surface area contributed by atoms with Gasteiger partial charge in [0.1, 0.15) is 0 Å². The zero-order valence-corrected chi connectivity index (χ0v) is 19.4. The molecule has 10 nitrogen and oxygen atoms in total. The van der Waals surface area contributed by atoms with E-state index in [2.05, 4.69) is 0 Å². The van der Waals surface area contributed by atoms with Crippen LogP contribution in [0, 0.1) is 0 Å². The van der Waals surface area contributed by atoms with E-state index in [1.165, 1.54) is 24.3 Å². The first kappa shape index (κ1) is 22.8. The van der Waals surface area contributed by atoms with Gasteiger partial charge in [-0.25, -0.2) is 0 Å². The van der Waals surface area contributed by atoms with Crippen molar-refractivity contribution in [2.24, 2.45) is 0 Å². The maximum atomic E-state index is 12.1. The van der Waals surface area contributed by atoms with Crippen LogP contribution < -0.4 is 3.51 Å². The summed E-state index contributed by atoms with van der Waals surface area (Å²) in [5.41, 5.74) is 0. The molecular weight excluding hydrogens is 526 g/mol. The molecule has 0 amide bonds. The Morgan fingerprint density at radius 2 is 0.880 bits per heavy atom. The monoisotopic (exact) mass is 542 g/mol. The van der Waals surface area contributed by atoms with Gasteiger partial charge in [0.2, 0.25) is 0 Å². The van der Waals surface area contributed by atoms with Gasteiger partial charge >= 0.3 is 157 Å². The molecule has 0 fully saturated rings. The van der Waals surface area contributed by atoms with Gasteiger partial charge in [0.25, 0.3) is 0 Å². The molecule has 0 aliphatic carbocycles. The molecule has 0 aromatic heterocycles. The number of sulfonamides is 4. The van der Waals surface area contributed by atoms with E-state index in [1.54, 1.807) is 6.07 Å². The predicted octanol–water partition coefficient (Wildman–Crippen LogP) is -2.18. The minimum absolute atomic E-state index is 0.0252. The van der Waals surface area contributed by atoms with Crippen molar-refractivity contribution in [1.82, 2.24) is 3.74 Å². The summed E-state index contributed by atoms with van der Waals surface area (Å²) >= 11 is -4.60. The number of nitrogens with zero attached hydrogens (tertiary/aromatic N) is 2. The molecule has 0 N–H and O–H groups in total. The second-order valence-corrected chi connectivity index (χ2v) is 21.5. The van der Waals surface area contributed by atoms with Crippen LogP contribution >= 0.6 is 0 Å². The summed E-state index contributed by atoms with van der Waals surface area (Å²) in [5.74, 6) is 0. The van der Waals surface area contributed by atoms with Crippen molar-refractivity contribution >= 4 is 64.4 Å². The first-order valence-electron chi connectivity index (χ1n) is 6.23. The van der Waals surface area contributed by atoms with E-state index >= 15 is 0 Å². The van der Waals surface area contributed by atoms with Crippen LogP contribution in [0.5, 0.6) is 0 Å². The van der Waals surface area contributed by atoms with Crippen LogP contribution in [0.15, 0.2) is 30.3 Å². The van der Waals surface area contributed by atoms with E-state index in [4.69, 9.17) is 0 Å². The summed E-state index contributed by atoms with van der Waals surface area (Å²) < 4.78 is 97.1. The summed E-state index contributed by atoms with van der Waals surface area (Å²) in [5, 5.41) is 0. The fourth-order valence-corrected chi connectivity index (χ4v) is 24.9. The van der Waals surface area contributed by atoms with Gasteiger partial charge in [-0.3, -0.25) is 0 Å². The van der Waals surface area contributed by atoms with Gasteiger partial charge in [-0.2, -0.15) is 0 Å². The Labute approximate surface area is 156 Å². The Hall–Kier alpha value is -0.242. The Bertz CT molecular complexity index is 917. The molecule has 144 valence electrons. The second kappa shape index (κ2) is 7.41. The van der Waals surface area contributed by atoms with Crippen LogP contribution in [-0.2, 0) is 40.1 Å². The average Bonchev–Trinajstić information content (AvgIpc) is 2.32. The predicted molar refractivity (Wildman–Crippen MR) is 94.9 cm³/mol. The number of benzene rings is 1. The van der Waals surface area contributed by atoms with Crippen LogP contribution in [0.1, 0.15) is 0 Å². The van der Waals surface area contributed by atoms with Crippen molar-refractivity contribution in [3.63, 3.8) is 0 Å². The van der Waals surface area contributed by atoms with Crippen molar-refractivity contribution in [3.05, 3.63) is 30.3 Å². The zero-order chi connectivity index (χ0) is 19.8. The van der Waals surface area contributed by atoms with Crippen molar-refractivity contribution in [2.75, 3.05) is 25.0 Å². The quantitative estimate of drug-likeness (QED) is 0.354. The number of hydrogen-bond acceptors (Lipinski definition) is 8. The maximum absolute atomic E-state index is 12.1. The molecule has 0 radical (unpaired) electrons. The van der Waals surface area contributed by atoms with Crippen molar-refractivity contribution in [2.45, 2.75) is 0 Å². The van der Waals surface area contributed by atoms with E-state index in [0.717, 1.165) is 0 Å². The van der Waals surface area contributed by atoms with Gasteiger partial charge in [-0.05, 0) is 0 Å². The zero-order valence-electron chi connectivity index (χ0n) is 13.6. The first-order chi connectivity index (χ1) is 11.0. The van der Waals surface area contributed by atoms with E-state index < -0.39 is 60.9 Å². The molecule has 0 atom stereocenters. The Morgan fingerprint density at radius 1 is 0.600 bits per heavy atom. The van der Waals surface area contributed by atoms with Crippen molar-refractivity contribution < 1.29 is 33.7 Å². The number of rotatable bonds is 7. The fraction of sp³-hybridized carbons (Fsp3) is 0.400. The molecule has 1 aromatic rings. The summed E-state index contributed by atoms with van der Waals surface area (Å²) in [4.78, 5) is 0. The van der Waals surface area contributed by atoms with E-state index in [1.807, 2.05) is 0 Å². The molecule has 0 bridgehead atoms. The summed E-state index contributed by atoms with van der Waals surface area (Å²) in [7, 11) is -17.9. The summed E-state index contributed by atoms with van der Waals surface area (Å²) in [6.45, 7) is 0. The average molecular weight is 543 g/mol. The molecule has 0 saturated heterocycles. The molecule has 1 aromatic carbocycles. The van der Waals surface area contributed by atoms with Crippen molar-refractivity contribution in [3.8, 4) is 0 Å². The SMILES string of the molecule is CS(=O)(=O)[N]([Sb]([c]1ccccc1)[N](S(C)(=O)=O)S(C)(=O)=O)S(C)(=O)=O. The summed E-state index contributed by atoms with van der Waals surface area (Å²) in [6.07, 6.45) is 2.32. The van der Waals surface area contributed by atoms with E-state index in [0.29, 0.717) is 25.0 Å². The molecule has 0 spiro atoms. The molecule has 0 unspecified atom stereocenters. The van der Waals surface area contributed by atoms with Gasteiger partial charge in [0.05, 0.1) is 0 Å². The fourth-order valence-electron chi connectivity index (χ4n) is 1.86. The third-order valence-corrected chi connectivity index (χ3v) is 26.2. The standard InChI is InChI=1S/C6H5.2C2H6NO4S2.Sb/c1-2-4-6-5-3-1;2*1-8(4,5)3-9(2,6)7;/h1-5H;2*1-2H3;/q;2*-1;+2. The molecule has 1 rings (SSSR count). The minimum atomic E-state index is -4.60. The first-order valence-corrected chi connectivity index (χ1v) is 17.2. The van der Waals surface area contributed by atoms with Crippen LogP contribution in [-0.4, -0.2) is 83.2 Å². The Kier molecular flexibility index (Phi) is 6.76. The molecule has 0 saturated carbocycles. The molecular formula is C10H17N2O8S4Sb. The number of hydrogen-bond donors (Lipinski definition) is 0. The van der Waals surface area contributed by atoms with Crippen molar-refractivity contribution in [1.29, 1.82) is 0 Å². The van der Waals surface area contributed by atoms with Crippen LogP contribution in [0.25, 0.3) is 0 Å². The van der Waals surface area contributed by atoms with Gasteiger partial charge in [0.15, 0.2) is 0 Å².